The van der Waals surface area contributed by atoms with Crippen molar-refractivity contribution in [2.24, 2.45) is 0 Å². The van der Waals surface area contributed by atoms with Gasteiger partial charge in [-0.1, -0.05) is 20.8 Å². The van der Waals surface area contributed by atoms with Gasteiger partial charge >= 0.3 is 5.97 Å². The summed E-state index contributed by atoms with van der Waals surface area (Å²) in [5.74, 6) is 0.472. The first kappa shape index (κ1) is 11.2. The summed E-state index contributed by atoms with van der Waals surface area (Å²) in [6.45, 7) is 6.33. The van der Waals surface area contributed by atoms with Crippen LogP contribution in [0.4, 0.5) is 0 Å². The maximum Gasteiger partial charge on any atom is 0.338 e. The van der Waals surface area contributed by atoms with E-state index in [4.69, 9.17) is 9.52 Å². The zero-order chi connectivity index (χ0) is 10.8. The Balaban J connectivity index is 2.56. The molecule has 14 heavy (non-hydrogen) atoms. The molecule has 1 N–H and O–H groups in total. The lowest BCUT2D eigenvalue weighted by atomic mass is 10.3. The molecule has 1 aromatic heterocycles. The predicted molar refractivity (Wildman–Crippen MR) is 56.7 cm³/mol. The van der Waals surface area contributed by atoms with Gasteiger partial charge in [0.05, 0.1) is 11.3 Å². The Labute approximate surface area is 87.5 Å². The molecule has 0 spiro atoms. The first-order valence-corrected chi connectivity index (χ1v) is 5.32. The molecule has 1 aromatic rings. The lowest BCUT2D eigenvalue weighted by Gasteiger charge is -2.15. The molecule has 1 heterocycles. The van der Waals surface area contributed by atoms with Gasteiger partial charge in [0, 0.05) is 4.75 Å². The van der Waals surface area contributed by atoms with E-state index >= 15 is 0 Å². The highest BCUT2D eigenvalue weighted by molar-refractivity contribution is 7.99. The Morgan fingerprint density at radius 1 is 1.57 bits per heavy atom. The molecular weight excluding hydrogens is 200 g/mol. The third-order valence-electron chi connectivity index (χ3n) is 1.55. The third-order valence-corrected chi connectivity index (χ3v) is 2.84. The summed E-state index contributed by atoms with van der Waals surface area (Å²) < 4.78 is 5.28. The predicted octanol–water partition coefficient (Wildman–Crippen LogP) is 3.01. The average molecular weight is 214 g/mol. The Bertz CT molecular complexity index is 322. The SMILES string of the molecule is CC(C)(C)SCc1cc(C(=O)O)co1. The zero-order valence-electron chi connectivity index (χ0n) is 8.53. The molecule has 0 aromatic carbocycles. The van der Waals surface area contributed by atoms with Crippen LogP contribution in [0.5, 0.6) is 0 Å². The fraction of sp³-hybridized carbons (Fsp3) is 0.500. The summed E-state index contributed by atoms with van der Waals surface area (Å²) in [6, 6.07) is 1.57. The van der Waals surface area contributed by atoms with Crippen molar-refractivity contribution >= 4 is 17.7 Å². The molecule has 0 bridgehead atoms. The summed E-state index contributed by atoms with van der Waals surface area (Å²) in [4.78, 5) is 10.5. The van der Waals surface area contributed by atoms with E-state index in [1.807, 2.05) is 0 Å². The first-order valence-electron chi connectivity index (χ1n) is 4.33. The van der Waals surface area contributed by atoms with Crippen molar-refractivity contribution in [1.82, 2.24) is 0 Å². The van der Waals surface area contributed by atoms with Crippen molar-refractivity contribution in [3.63, 3.8) is 0 Å². The molecule has 0 atom stereocenters. The molecule has 0 amide bonds. The molecule has 0 aliphatic heterocycles. The second kappa shape index (κ2) is 4.09. The van der Waals surface area contributed by atoms with Gasteiger partial charge in [-0.25, -0.2) is 4.79 Å². The van der Waals surface area contributed by atoms with Crippen molar-refractivity contribution < 1.29 is 14.3 Å². The number of furan rings is 1. The van der Waals surface area contributed by atoms with E-state index in [-0.39, 0.29) is 10.3 Å². The highest BCUT2D eigenvalue weighted by Crippen LogP contribution is 2.27. The Morgan fingerprint density at radius 2 is 2.21 bits per heavy atom. The standard InChI is InChI=1S/C10H14O3S/c1-10(2,3)14-6-8-4-7(5-13-8)9(11)12/h4-5H,6H2,1-3H3,(H,11,12). The number of carboxylic acids is 1. The van der Waals surface area contributed by atoms with E-state index in [2.05, 4.69) is 20.8 Å². The highest BCUT2D eigenvalue weighted by Gasteiger charge is 2.13. The quantitative estimate of drug-likeness (QED) is 0.840. The number of thioether (sulfide) groups is 1. The Kier molecular flexibility index (Phi) is 3.26. The molecule has 4 heteroatoms. The number of rotatable bonds is 3. The van der Waals surface area contributed by atoms with E-state index in [9.17, 15) is 4.79 Å². The van der Waals surface area contributed by atoms with Crippen molar-refractivity contribution in [3.8, 4) is 0 Å². The van der Waals surface area contributed by atoms with Gasteiger partial charge in [-0.05, 0) is 6.07 Å². The van der Waals surface area contributed by atoms with E-state index in [0.717, 1.165) is 0 Å². The minimum atomic E-state index is -0.944. The van der Waals surface area contributed by atoms with E-state index < -0.39 is 5.97 Å². The monoisotopic (exact) mass is 214 g/mol. The lowest BCUT2D eigenvalue weighted by molar-refractivity contribution is 0.0696. The maximum atomic E-state index is 10.5. The number of aromatic carboxylic acids is 1. The Hall–Kier alpha value is -0.900. The van der Waals surface area contributed by atoms with Crippen molar-refractivity contribution in [1.29, 1.82) is 0 Å². The summed E-state index contributed by atoms with van der Waals surface area (Å²) in [5.41, 5.74) is 0.217. The molecule has 0 aliphatic rings. The molecule has 0 aliphatic carbocycles. The van der Waals surface area contributed by atoms with E-state index in [1.54, 1.807) is 17.8 Å². The minimum absolute atomic E-state index is 0.163. The number of hydrogen-bond acceptors (Lipinski definition) is 3. The molecule has 0 fully saturated rings. The van der Waals surface area contributed by atoms with Gasteiger partial charge in [-0.3, -0.25) is 0 Å². The molecule has 0 saturated heterocycles. The summed E-state index contributed by atoms with van der Waals surface area (Å²) in [6.07, 6.45) is 1.28. The van der Waals surface area contributed by atoms with Crippen molar-refractivity contribution in [2.75, 3.05) is 0 Å². The van der Waals surface area contributed by atoms with Crippen LogP contribution < -0.4 is 0 Å². The second-order valence-corrected chi connectivity index (χ2v) is 5.81. The van der Waals surface area contributed by atoms with E-state index in [1.165, 1.54) is 6.26 Å². The van der Waals surface area contributed by atoms with Gasteiger partial charge in [0.15, 0.2) is 0 Å². The van der Waals surface area contributed by atoms with Gasteiger partial charge in [-0.2, -0.15) is 0 Å². The fourth-order valence-corrected chi connectivity index (χ4v) is 1.58. The molecule has 1 rings (SSSR count). The number of hydrogen-bond donors (Lipinski definition) is 1. The van der Waals surface area contributed by atoms with Gasteiger partial charge in [-0.15, -0.1) is 11.8 Å². The minimum Gasteiger partial charge on any atom is -0.478 e. The second-order valence-electron chi connectivity index (χ2n) is 4.01. The summed E-state index contributed by atoms with van der Waals surface area (Å²) in [7, 11) is 0. The normalized spacial score (nSPS) is 11.6. The van der Waals surface area contributed by atoms with Gasteiger partial charge in [0.1, 0.15) is 12.0 Å². The molecule has 0 radical (unpaired) electrons. The molecule has 0 saturated carbocycles. The van der Waals surface area contributed by atoms with Crippen LogP contribution in [-0.2, 0) is 5.75 Å². The van der Waals surface area contributed by atoms with Crippen LogP contribution in [0.25, 0.3) is 0 Å². The first-order chi connectivity index (χ1) is 6.38. The van der Waals surface area contributed by atoms with Crippen molar-refractivity contribution in [3.05, 3.63) is 23.7 Å². The smallest absolute Gasteiger partial charge is 0.338 e. The third kappa shape index (κ3) is 3.46. The number of carboxylic acid groups (broad SMARTS) is 1. The van der Waals surface area contributed by atoms with Crippen LogP contribution in [0.15, 0.2) is 16.7 Å². The summed E-state index contributed by atoms with van der Waals surface area (Å²) in [5, 5.41) is 8.66. The molecule has 3 nitrogen and oxygen atoms in total. The van der Waals surface area contributed by atoms with Crippen LogP contribution in [0.2, 0.25) is 0 Å². The zero-order valence-corrected chi connectivity index (χ0v) is 9.35. The molecular formula is C10H14O3S. The maximum absolute atomic E-state index is 10.5. The lowest BCUT2D eigenvalue weighted by Crippen LogP contribution is -2.07. The molecule has 0 unspecified atom stereocenters. The van der Waals surface area contributed by atoms with Gasteiger partial charge < -0.3 is 9.52 Å². The van der Waals surface area contributed by atoms with Crippen molar-refractivity contribution in [2.45, 2.75) is 31.3 Å². The molecule has 78 valence electrons. The van der Waals surface area contributed by atoms with Crippen LogP contribution in [0, 0.1) is 0 Å². The Morgan fingerprint density at radius 3 is 2.64 bits per heavy atom. The summed E-state index contributed by atoms with van der Waals surface area (Å²) >= 11 is 1.73. The largest absolute Gasteiger partial charge is 0.478 e. The van der Waals surface area contributed by atoms with Crippen LogP contribution >= 0.6 is 11.8 Å². The van der Waals surface area contributed by atoms with Crippen LogP contribution in [0.1, 0.15) is 36.9 Å². The topological polar surface area (TPSA) is 50.4 Å². The number of carbonyl (C=O) groups is 1. The van der Waals surface area contributed by atoms with E-state index in [0.29, 0.717) is 11.5 Å². The fourth-order valence-electron chi connectivity index (χ4n) is 0.856. The van der Waals surface area contributed by atoms with Crippen LogP contribution in [-0.4, -0.2) is 15.8 Å². The van der Waals surface area contributed by atoms with Crippen LogP contribution in [0.3, 0.4) is 0 Å². The highest BCUT2D eigenvalue weighted by atomic mass is 32.2. The van der Waals surface area contributed by atoms with Gasteiger partial charge in [0.25, 0.3) is 0 Å². The average Bonchev–Trinajstić information content (AvgIpc) is 2.47. The van der Waals surface area contributed by atoms with Gasteiger partial charge in [0.2, 0.25) is 0 Å².